The maximum atomic E-state index is 12.7. The molecule has 1 amide bonds. The minimum Gasteiger partial charge on any atom is -0.507 e. The predicted molar refractivity (Wildman–Crippen MR) is 102 cm³/mol. The molecule has 0 bridgehead atoms. The van der Waals surface area contributed by atoms with Crippen LogP contribution >= 0.6 is 0 Å². The molecule has 1 aliphatic rings. The first-order valence-corrected chi connectivity index (χ1v) is 8.69. The third kappa shape index (κ3) is 3.44. The zero-order valence-corrected chi connectivity index (χ0v) is 15.6. The highest BCUT2D eigenvalue weighted by atomic mass is 16.5. The molecule has 7 nitrogen and oxygen atoms in total. The molecule has 0 unspecified atom stereocenters. The second-order valence-electron chi connectivity index (χ2n) is 6.22. The summed E-state index contributed by atoms with van der Waals surface area (Å²) in [7, 11) is 3.06. The number of hydrogen-bond donors (Lipinski definition) is 2. The first kappa shape index (κ1) is 19.4. The number of hydrogen-bond acceptors (Lipinski definition) is 6. The molecule has 28 heavy (non-hydrogen) atoms. The van der Waals surface area contributed by atoms with Gasteiger partial charge in [0.05, 0.1) is 32.4 Å². The first-order valence-electron chi connectivity index (χ1n) is 8.69. The fraction of sp³-hybridized carbons (Fsp3) is 0.238. The molecule has 1 saturated heterocycles. The molecule has 0 radical (unpaired) electrons. The van der Waals surface area contributed by atoms with E-state index in [0.717, 1.165) is 0 Å². The lowest BCUT2D eigenvalue weighted by molar-refractivity contribution is -0.140. The van der Waals surface area contributed by atoms with Crippen molar-refractivity contribution in [3.8, 4) is 11.5 Å². The van der Waals surface area contributed by atoms with Gasteiger partial charge < -0.3 is 24.6 Å². The van der Waals surface area contributed by atoms with Crippen LogP contribution in [0.25, 0.3) is 5.76 Å². The number of rotatable bonds is 6. The highest BCUT2D eigenvalue weighted by Gasteiger charge is 2.45. The van der Waals surface area contributed by atoms with E-state index in [1.165, 1.54) is 19.1 Å². The summed E-state index contributed by atoms with van der Waals surface area (Å²) >= 11 is 0. The molecule has 1 atom stereocenters. The van der Waals surface area contributed by atoms with Crippen molar-refractivity contribution >= 4 is 17.4 Å². The normalized spacial score (nSPS) is 18.4. The zero-order valence-electron chi connectivity index (χ0n) is 15.6. The van der Waals surface area contributed by atoms with Crippen LogP contribution in [0.1, 0.15) is 17.2 Å². The third-order valence-corrected chi connectivity index (χ3v) is 4.68. The molecule has 1 heterocycles. The Kier molecular flexibility index (Phi) is 5.65. The molecule has 3 rings (SSSR count). The van der Waals surface area contributed by atoms with E-state index in [1.807, 2.05) is 0 Å². The van der Waals surface area contributed by atoms with Crippen LogP contribution in [0.2, 0.25) is 0 Å². The van der Waals surface area contributed by atoms with E-state index < -0.39 is 17.7 Å². The smallest absolute Gasteiger partial charge is 0.295 e. The van der Waals surface area contributed by atoms with Crippen LogP contribution in [-0.4, -0.2) is 54.2 Å². The summed E-state index contributed by atoms with van der Waals surface area (Å²) in [6.45, 7) is -0.330. The Hall–Kier alpha value is -3.32. The molecule has 2 aromatic rings. The first-order chi connectivity index (χ1) is 13.5. The number of likely N-dealkylation sites (tertiary alicyclic amines) is 1. The van der Waals surface area contributed by atoms with Gasteiger partial charge in [-0.2, -0.15) is 0 Å². The Morgan fingerprint density at radius 3 is 2.00 bits per heavy atom. The number of ether oxygens (including phenoxy) is 2. The molecule has 7 heteroatoms. The lowest BCUT2D eigenvalue weighted by atomic mass is 9.95. The van der Waals surface area contributed by atoms with E-state index in [2.05, 4.69) is 0 Å². The van der Waals surface area contributed by atoms with Gasteiger partial charge in [-0.3, -0.25) is 9.59 Å². The van der Waals surface area contributed by atoms with Gasteiger partial charge in [-0.1, -0.05) is 12.1 Å². The second-order valence-corrected chi connectivity index (χ2v) is 6.22. The average molecular weight is 383 g/mol. The van der Waals surface area contributed by atoms with Crippen molar-refractivity contribution < 1.29 is 29.3 Å². The number of β-amino-alcohol motifs (C(OH)–C–C–N with tert-alkyl or cyclic N) is 1. The van der Waals surface area contributed by atoms with Crippen LogP contribution in [0.15, 0.2) is 54.1 Å². The lowest BCUT2D eigenvalue weighted by Gasteiger charge is -2.24. The van der Waals surface area contributed by atoms with Crippen LogP contribution in [0.4, 0.5) is 0 Å². The van der Waals surface area contributed by atoms with Crippen LogP contribution < -0.4 is 9.47 Å². The lowest BCUT2D eigenvalue weighted by Crippen LogP contribution is -2.32. The van der Waals surface area contributed by atoms with Crippen molar-refractivity contribution in [1.82, 2.24) is 4.90 Å². The predicted octanol–water partition coefficient (Wildman–Crippen LogP) is 2.12. The SMILES string of the molecule is COc1ccc(/C(O)=C2\C(=O)C(=O)N(CCO)[C@H]2c2ccc(OC)cc2)cc1. The van der Waals surface area contributed by atoms with Gasteiger partial charge in [0.15, 0.2) is 0 Å². The van der Waals surface area contributed by atoms with Gasteiger partial charge >= 0.3 is 0 Å². The Labute approximate surface area is 162 Å². The summed E-state index contributed by atoms with van der Waals surface area (Å²) in [6, 6.07) is 12.6. The van der Waals surface area contributed by atoms with Crippen LogP contribution in [0.3, 0.4) is 0 Å². The van der Waals surface area contributed by atoms with Crippen LogP contribution in [0, 0.1) is 0 Å². The van der Waals surface area contributed by atoms with Crippen LogP contribution in [0.5, 0.6) is 11.5 Å². The average Bonchev–Trinajstić information content (AvgIpc) is 2.98. The molecular formula is C21H21NO6. The van der Waals surface area contributed by atoms with Crippen molar-refractivity contribution in [3.63, 3.8) is 0 Å². The summed E-state index contributed by atoms with van der Waals surface area (Å²) < 4.78 is 10.3. The summed E-state index contributed by atoms with van der Waals surface area (Å²) in [5, 5.41) is 20.2. The summed E-state index contributed by atoms with van der Waals surface area (Å²) in [5.74, 6) is -0.600. The number of aliphatic hydroxyl groups excluding tert-OH is 2. The monoisotopic (exact) mass is 383 g/mol. The highest BCUT2D eigenvalue weighted by Crippen LogP contribution is 2.39. The second kappa shape index (κ2) is 8.14. The zero-order chi connectivity index (χ0) is 20.3. The molecule has 1 fully saturated rings. The molecule has 146 valence electrons. The molecule has 0 saturated carbocycles. The minimum atomic E-state index is -0.805. The third-order valence-electron chi connectivity index (χ3n) is 4.68. The number of Topliss-reactive ketones (excluding diaryl/α,β-unsaturated/α-hetero) is 1. The topological polar surface area (TPSA) is 96.3 Å². The molecule has 2 N–H and O–H groups in total. The summed E-state index contributed by atoms with van der Waals surface area (Å²) in [6.07, 6.45) is 0. The van der Waals surface area contributed by atoms with Crippen LogP contribution in [-0.2, 0) is 9.59 Å². The molecule has 1 aliphatic heterocycles. The fourth-order valence-corrected chi connectivity index (χ4v) is 3.26. The number of nitrogens with zero attached hydrogens (tertiary/aromatic N) is 1. The number of ketones is 1. The highest BCUT2D eigenvalue weighted by molar-refractivity contribution is 6.46. The van der Waals surface area contributed by atoms with Gasteiger partial charge in [-0.05, 0) is 42.0 Å². The molecule has 0 aromatic heterocycles. The standard InChI is InChI=1S/C21H21NO6/c1-27-15-7-3-13(4-8-15)18-17(20(25)21(26)22(18)11-12-23)19(24)14-5-9-16(28-2)10-6-14/h3-10,18,23-24H,11-12H2,1-2H3/b19-17+/t18-/m0/s1. The Balaban J connectivity index is 2.13. The molecular weight excluding hydrogens is 362 g/mol. The number of benzene rings is 2. The van der Waals surface area contributed by atoms with E-state index in [0.29, 0.717) is 22.6 Å². The van der Waals surface area contributed by atoms with Crippen molar-refractivity contribution in [2.75, 3.05) is 27.4 Å². The molecule has 2 aromatic carbocycles. The van der Waals surface area contributed by atoms with Gasteiger partial charge in [-0.15, -0.1) is 0 Å². The summed E-state index contributed by atoms with van der Waals surface area (Å²) in [5.41, 5.74) is 0.999. The van der Waals surface area contributed by atoms with E-state index in [1.54, 1.807) is 48.5 Å². The fourth-order valence-electron chi connectivity index (χ4n) is 3.26. The van der Waals surface area contributed by atoms with E-state index in [-0.39, 0.29) is 24.5 Å². The van der Waals surface area contributed by atoms with Gasteiger partial charge in [0.2, 0.25) is 0 Å². The number of amides is 1. The number of methoxy groups -OCH3 is 2. The quantitative estimate of drug-likeness (QED) is 0.451. The molecule has 0 aliphatic carbocycles. The van der Waals surface area contributed by atoms with Gasteiger partial charge in [0, 0.05) is 12.1 Å². The maximum Gasteiger partial charge on any atom is 0.295 e. The molecule has 0 spiro atoms. The Morgan fingerprint density at radius 2 is 1.50 bits per heavy atom. The van der Waals surface area contributed by atoms with Gasteiger partial charge in [0.1, 0.15) is 17.3 Å². The van der Waals surface area contributed by atoms with Gasteiger partial charge in [-0.25, -0.2) is 0 Å². The van der Waals surface area contributed by atoms with Crippen molar-refractivity contribution in [3.05, 3.63) is 65.2 Å². The summed E-state index contributed by atoms with van der Waals surface area (Å²) in [4.78, 5) is 26.5. The number of carbonyl (C=O) groups excluding carboxylic acids is 2. The van der Waals surface area contributed by atoms with E-state index in [9.17, 15) is 19.8 Å². The Morgan fingerprint density at radius 1 is 0.964 bits per heavy atom. The van der Waals surface area contributed by atoms with E-state index in [4.69, 9.17) is 9.47 Å². The van der Waals surface area contributed by atoms with Gasteiger partial charge in [0.25, 0.3) is 11.7 Å². The Bertz CT molecular complexity index is 901. The van der Waals surface area contributed by atoms with Crippen molar-refractivity contribution in [2.45, 2.75) is 6.04 Å². The van der Waals surface area contributed by atoms with Crippen molar-refractivity contribution in [1.29, 1.82) is 0 Å². The maximum absolute atomic E-state index is 12.7. The van der Waals surface area contributed by atoms with Crippen molar-refractivity contribution in [2.24, 2.45) is 0 Å². The van der Waals surface area contributed by atoms with E-state index >= 15 is 0 Å². The minimum absolute atomic E-state index is 0.0196. The number of aliphatic hydroxyl groups is 2. The number of carbonyl (C=O) groups is 2. The largest absolute Gasteiger partial charge is 0.507 e.